The molecule has 0 spiro atoms. The third kappa shape index (κ3) is 2.40. The van der Waals surface area contributed by atoms with E-state index >= 15 is 0 Å². The second-order valence-electron chi connectivity index (χ2n) is 5.25. The van der Waals surface area contributed by atoms with Gasteiger partial charge in [-0.15, -0.1) is 11.8 Å². The van der Waals surface area contributed by atoms with Crippen LogP contribution >= 0.6 is 11.8 Å². The van der Waals surface area contributed by atoms with Crippen LogP contribution in [0.4, 0.5) is 0 Å². The number of carbonyl (C=O) groups excluding carboxylic acids is 2. The lowest BCUT2D eigenvalue weighted by molar-refractivity contribution is -0.126. The Labute approximate surface area is 122 Å². The summed E-state index contributed by atoms with van der Waals surface area (Å²) < 4.78 is 0. The van der Waals surface area contributed by atoms with Gasteiger partial charge in [0.25, 0.3) is 5.91 Å². The van der Waals surface area contributed by atoms with E-state index < -0.39 is 0 Å². The summed E-state index contributed by atoms with van der Waals surface area (Å²) in [5.74, 6) is 0.00998. The molecule has 2 atom stereocenters. The minimum absolute atomic E-state index is 0.0177. The molecule has 6 heteroatoms. The topological polar surface area (TPSA) is 62.3 Å². The quantitative estimate of drug-likeness (QED) is 0.831. The Kier molecular flexibility index (Phi) is 3.65. The molecule has 1 N–H and O–H groups in total. The van der Waals surface area contributed by atoms with Gasteiger partial charge in [0, 0.05) is 25.3 Å². The SMILES string of the molecule is CSc1ncccc1C(=O)N1C[C@@H]2CC[C@H](C1)C(=O)N2. The van der Waals surface area contributed by atoms with Crippen molar-refractivity contribution in [2.75, 3.05) is 19.3 Å². The van der Waals surface area contributed by atoms with Crippen LogP contribution in [0.15, 0.2) is 23.4 Å². The highest BCUT2D eigenvalue weighted by Gasteiger charge is 2.37. The van der Waals surface area contributed by atoms with Crippen LogP contribution in [-0.4, -0.2) is 47.1 Å². The van der Waals surface area contributed by atoms with Crippen LogP contribution in [-0.2, 0) is 4.79 Å². The Bertz CT molecular complexity index is 549. The number of thioether (sulfide) groups is 1. The maximum absolute atomic E-state index is 12.7. The molecule has 2 bridgehead atoms. The first-order chi connectivity index (χ1) is 9.69. The number of nitrogens with one attached hydrogen (secondary N) is 1. The van der Waals surface area contributed by atoms with Gasteiger partial charge < -0.3 is 10.2 Å². The van der Waals surface area contributed by atoms with Gasteiger partial charge in [-0.2, -0.15) is 0 Å². The molecule has 3 fully saturated rings. The summed E-state index contributed by atoms with van der Waals surface area (Å²) in [6.45, 7) is 1.12. The third-order valence-electron chi connectivity index (χ3n) is 3.94. The molecule has 0 radical (unpaired) electrons. The second-order valence-corrected chi connectivity index (χ2v) is 6.05. The van der Waals surface area contributed by atoms with Gasteiger partial charge in [0.2, 0.25) is 5.91 Å². The molecule has 3 aliphatic heterocycles. The summed E-state index contributed by atoms with van der Waals surface area (Å²) >= 11 is 1.47. The number of pyridine rings is 1. The fraction of sp³-hybridized carbons (Fsp3) is 0.500. The van der Waals surface area contributed by atoms with Crippen LogP contribution in [0, 0.1) is 5.92 Å². The summed E-state index contributed by atoms with van der Waals surface area (Å²) in [5.41, 5.74) is 0.633. The second kappa shape index (κ2) is 5.44. The summed E-state index contributed by atoms with van der Waals surface area (Å²) in [5, 5.41) is 3.73. The van der Waals surface area contributed by atoms with Crippen molar-refractivity contribution in [3.8, 4) is 0 Å². The molecular formula is C14H17N3O2S. The zero-order valence-electron chi connectivity index (χ0n) is 11.3. The first kappa shape index (κ1) is 13.4. The molecule has 2 amide bonds. The maximum Gasteiger partial charge on any atom is 0.256 e. The molecule has 0 aliphatic carbocycles. The number of amides is 2. The molecule has 4 heterocycles. The molecule has 0 aromatic carbocycles. The molecule has 3 aliphatic rings. The molecule has 106 valence electrons. The van der Waals surface area contributed by atoms with Gasteiger partial charge in [-0.1, -0.05) is 0 Å². The van der Waals surface area contributed by atoms with Gasteiger partial charge in [0.1, 0.15) is 5.03 Å². The first-order valence-electron chi connectivity index (χ1n) is 6.77. The van der Waals surface area contributed by atoms with Crippen LogP contribution in [0.5, 0.6) is 0 Å². The highest BCUT2D eigenvalue weighted by Crippen LogP contribution is 2.25. The number of fused-ring (bicyclic) bond motifs is 4. The zero-order chi connectivity index (χ0) is 14.1. The molecule has 5 nitrogen and oxygen atoms in total. The van der Waals surface area contributed by atoms with Gasteiger partial charge in [-0.3, -0.25) is 9.59 Å². The van der Waals surface area contributed by atoms with Crippen molar-refractivity contribution < 1.29 is 9.59 Å². The average molecular weight is 291 g/mol. The van der Waals surface area contributed by atoms with E-state index in [0.717, 1.165) is 17.9 Å². The Morgan fingerprint density at radius 2 is 2.30 bits per heavy atom. The lowest BCUT2D eigenvalue weighted by Crippen LogP contribution is -2.43. The van der Waals surface area contributed by atoms with E-state index in [0.29, 0.717) is 18.7 Å². The molecule has 3 saturated heterocycles. The summed E-state index contributed by atoms with van der Waals surface area (Å²) in [6.07, 6.45) is 5.45. The number of hydrogen-bond donors (Lipinski definition) is 1. The van der Waals surface area contributed by atoms with Gasteiger partial charge in [-0.25, -0.2) is 4.98 Å². The average Bonchev–Trinajstić information content (AvgIpc) is 2.77. The van der Waals surface area contributed by atoms with E-state index in [-0.39, 0.29) is 23.8 Å². The lowest BCUT2D eigenvalue weighted by atomic mass is 9.96. The van der Waals surface area contributed by atoms with E-state index in [9.17, 15) is 9.59 Å². The number of carbonyl (C=O) groups is 2. The summed E-state index contributed by atoms with van der Waals surface area (Å²) in [6, 6.07) is 3.69. The van der Waals surface area contributed by atoms with Crippen molar-refractivity contribution in [1.29, 1.82) is 0 Å². The highest BCUT2D eigenvalue weighted by molar-refractivity contribution is 7.98. The summed E-state index contributed by atoms with van der Waals surface area (Å²) in [7, 11) is 0. The van der Waals surface area contributed by atoms with Crippen molar-refractivity contribution in [3.63, 3.8) is 0 Å². The van der Waals surface area contributed by atoms with Gasteiger partial charge in [0.05, 0.1) is 11.5 Å². The lowest BCUT2D eigenvalue weighted by Gasteiger charge is -2.23. The van der Waals surface area contributed by atoms with E-state index in [4.69, 9.17) is 0 Å². The molecular weight excluding hydrogens is 274 g/mol. The Morgan fingerprint density at radius 1 is 1.45 bits per heavy atom. The normalized spacial score (nSPS) is 25.2. The van der Waals surface area contributed by atoms with Crippen molar-refractivity contribution in [3.05, 3.63) is 23.9 Å². The highest BCUT2D eigenvalue weighted by atomic mass is 32.2. The predicted molar refractivity (Wildman–Crippen MR) is 76.6 cm³/mol. The van der Waals surface area contributed by atoms with Gasteiger partial charge in [-0.05, 0) is 31.2 Å². The van der Waals surface area contributed by atoms with Crippen molar-refractivity contribution in [2.24, 2.45) is 5.92 Å². The molecule has 4 rings (SSSR count). The smallest absolute Gasteiger partial charge is 0.256 e. The number of piperidine rings is 1. The van der Waals surface area contributed by atoms with Gasteiger partial charge in [0.15, 0.2) is 0 Å². The minimum Gasteiger partial charge on any atom is -0.351 e. The molecule has 0 saturated carbocycles. The molecule has 20 heavy (non-hydrogen) atoms. The van der Waals surface area contributed by atoms with E-state index in [2.05, 4.69) is 10.3 Å². The van der Waals surface area contributed by atoms with Crippen molar-refractivity contribution in [1.82, 2.24) is 15.2 Å². The first-order valence-corrected chi connectivity index (χ1v) is 8.00. The molecule has 1 aromatic rings. The predicted octanol–water partition coefficient (Wildman–Crippen LogP) is 1.15. The zero-order valence-corrected chi connectivity index (χ0v) is 12.2. The Hall–Kier alpha value is -1.56. The van der Waals surface area contributed by atoms with Crippen LogP contribution in [0.3, 0.4) is 0 Å². The van der Waals surface area contributed by atoms with Crippen LogP contribution in [0.1, 0.15) is 23.2 Å². The van der Waals surface area contributed by atoms with E-state index in [1.54, 1.807) is 17.2 Å². The van der Waals surface area contributed by atoms with E-state index in [1.165, 1.54) is 11.8 Å². The van der Waals surface area contributed by atoms with Gasteiger partial charge >= 0.3 is 0 Å². The molecule has 1 aromatic heterocycles. The van der Waals surface area contributed by atoms with Crippen LogP contribution < -0.4 is 5.32 Å². The van der Waals surface area contributed by atoms with Crippen LogP contribution in [0.25, 0.3) is 0 Å². The fourth-order valence-corrected chi connectivity index (χ4v) is 3.44. The van der Waals surface area contributed by atoms with Crippen molar-refractivity contribution >= 4 is 23.6 Å². The van der Waals surface area contributed by atoms with Crippen molar-refractivity contribution in [2.45, 2.75) is 23.9 Å². The number of nitrogens with zero attached hydrogens (tertiary/aromatic N) is 2. The standard InChI is InChI=1S/C14H17N3O2S/c1-20-13-11(3-2-6-15-13)14(19)17-7-9-4-5-10(8-17)16-12(9)18/h2-3,6,9-10H,4-5,7-8H2,1H3,(H,16,18)/t9-,10+/m1/s1. The van der Waals surface area contributed by atoms with Crippen LogP contribution in [0.2, 0.25) is 0 Å². The fourth-order valence-electron chi connectivity index (χ4n) is 2.89. The number of hydrogen-bond acceptors (Lipinski definition) is 4. The van der Waals surface area contributed by atoms with E-state index in [1.807, 2.05) is 12.3 Å². The summed E-state index contributed by atoms with van der Waals surface area (Å²) in [4.78, 5) is 30.6. The number of aromatic nitrogens is 1. The Balaban J connectivity index is 1.85. The minimum atomic E-state index is -0.0629. The third-order valence-corrected chi connectivity index (χ3v) is 4.66. The largest absolute Gasteiger partial charge is 0.351 e. The monoisotopic (exact) mass is 291 g/mol. The number of rotatable bonds is 2. The molecule has 0 unspecified atom stereocenters. The maximum atomic E-state index is 12.7. The Morgan fingerprint density at radius 3 is 3.05 bits per heavy atom.